The lowest BCUT2D eigenvalue weighted by Crippen LogP contribution is -2.56. The van der Waals surface area contributed by atoms with E-state index in [0.29, 0.717) is 6.04 Å². The number of likely N-dealkylation sites (N-methyl/N-ethyl adjacent to an activating group) is 1. The Labute approximate surface area is 130 Å². The first kappa shape index (κ1) is 19.7. The summed E-state index contributed by atoms with van der Waals surface area (Å²) in [6.07, 6.45) is 3.42. The number of piperidine rings is 1. The topological polar surface area (TPSA) is 44.4 Å². The van der Waals surface area contributed by atoms with Crippen LogP contribution in [0.1, 0.15) is 47.0 Å². The lowest BCUT2D eigenvalue weighted by atomic mass is 9.77. The van der Waals surface area contributed by atoms with E-state index in [-0.39, 0.29) is 29.8 Å². The predicted molar refractivity (Wildman–Crippen MR) is 87.4 cm³/mol. The SMILES string of the molecule is CCC(C)N(C)CCNC(=O)C1NCCCC1(C)C.Cl. The fourth-order valence-electron chi connectivity index (χ4n) is 2.65. The summed E-state index contributed by atoms with van der Waals surface area (Å²) in [7, 11) is 2.11. The molecule has 1 aliphatic heterocycles. The molecule has 2 unspecified atom stereocenters. The van der Waals surface area contributed by atoms with Gasteiger partial charge in [-0.05, 0) is 45.2 Å². The zero-order valence-electron chi connectivity index (χ0n) is 13.7. The first-order valence-electron chi connectivity index (χ1n) is 7.60. The van der Waals surface area contributed by atoms with Crippen LogP contribution in [-0.4, -0.2) is 49.6 Å². The van der Waals surface area contributed by atoms with Gasteiger partial charge in [0.25, 0.3) is 0 Å². The number of nitrogens with zero attached hydrogens (tertiary/aromatic N) is 1. The molecule has 20 heavy (non-hydrogen) atoms. The third-order valence-corrected chi connectivity index (χ3v) is 4.50. The van der Waals surface area contributed by atoms with E-state index in [1.807, 2.05) is 0 Å². The van der Waals surface area contributed by atoms with Crippen molar-refractivity contribution in [3.05, 3.63) is 0 Å². The fraction of sp³-hybridized carbons (Fsp3) is 0.933. The molecule has 0 saturated carbocycles. The Hall–Kier alpha value is -0.320. The Morgan fingerprint density at radius 1 is 1.50 bits per heavy atom. The Bertz CT molecular complexity index is 297. The fourth-order valence-corrected chi connectivity index (χ4v) is 2.65. The minimum absolute atomic E-state index is 0. The molecule has 1 amide bonds. The van der Waals surface area contributed by atoms with E-state index in [9.17, 15) is 4.79 Å². The van der Waals surface area contributed by atoms with Crippen molar-refractivity contribution >= 4 is 18.3 Å². The highest BCUT2D eigenvalue weighted by atomic mass is 35.5. The van der Waals surface area contributed by atoms with Crippen molar-refractivity contribution < 1.29 is 4.79 Å². The molecule has 0 aromatic rings. The highest BCUT2D eigenvalue weighted by Crippen LogP contribution is 2.29. The molecule has 1 fully saturated rings. The largest absolute Gasteiger partial charge is 0.353 e. The summed E-state index contributed by atoms with van der Waals surface area (Å²) in [5, 5.41) is 6.43. The standard InChI is InChI=1S/C15H31N3O.ClH/c1-6-12(2)18(5)11-10-17-14(19)13-15(3,4)8-7-9-16-13;/h12-13,16H,6-11H2,1-5H3,(H,17,19);1H. The Morgan fingerprint density at radius 3 is 2.70 bits per heavy atom. The van der Waals surface area contributed by atoms with Crippen molar-refractivity contribution in [1.29, 1.82) is 0 Å². The van der Waals surface area contributed by atoms with Crippen LogP contribution in [0, 0.1) is 5.41 Å². The van der Waals surface area contributed by atoms with E-state index < -0.39 is 0 Å². The van der Waals surface area contributed by atoms with Crippen LogP contribution in [0.25, 0.3) is 0 Å². The zero-order valence-corrected chi connectivity index (χ0v) is 14.5. The summed E-state index contributed by atoms with van der Waals surface area (Å²) >= 11 is 0. The molecule has 1 heterocycles. The highest BCUT2D eigenvalue weighted by molar-refractivity contribution is 5.85. The normalized spacial score (nSPS) is 23.0. The molecule has 0 radical (unpaired) electrons. The van der Waals surface area contributed by atoms with Gasteiger partial charge in [-0.25, -0.2) is 0 Å². The highest BCUT2D eigenvalue weighted by Gasteiger charge is 2.36. The quantitative estimate of drug-likeness (QED) is 0.789. The molecule has 1 saturated heterocycles. The van der Waals surface area contributed by atoms with Crippen molar-refractivity contribution in [3.8, 4) is 0 Å². The van der Waals surface area contributed by atoms with Crippen LogP contribution in [0.4, 0.5) is 0 Å². The number of rotatable bonds is 6. The molecule has 4 nitrogen and oxygen atoms in total. The number of carbonyl (C=O) groups excluding carboxylic acids is 1. The van der Waals surface area contributed by atoms with Gasteiger partial charge >= 0.3 is 0 Å². The molecule has 2 N–H and O–H groups in total. The number of nitrogens with one attached hydrogen (secondary N) is 2. The van der Waals surface area contributed by atoms with Gasteiger partial charge in [0, 0.05) is 19.1 Å². The second kappa shape index (κ2) is 8.85. The number of hydrogen-bond acceptors (Lipinski definition) is 3. The first-order chi connectivity index (χ1) is 8.88. The van der Waals surface area contributed by atoms with Gasteiger partial charge in [0.2, 0.25) is 5.91 Å². The molecular weight excluding hydrogens is 274 g/mol. The van der Waals surface area contributed by atoms with Crippen LogP contribution < -0.4 is 10.6 Å². The molecule has 0 bridgehead atoms. The average molecular weight is 306 g/mol. The van der Waals surface area contributed by atoms with E-state index >= 15 is 0 Å². The van der Waals surface area contributed by atoms with E-state index in [1.54, 1.807) is 0 Å². The van der Waals surface area contributed by atoms with Crippen LogP contribution >= 0.6 is 12.4 Å². The summed E-state index contributed by atoms with van der Waals surface area (Å²) in [5.41, 5.74) is 0.0605. The first-order valence-corrected chi connectivity index (χ1v) is 7.60. The number of carbonyl (C=O) groups is 1. The Kier molecular flexibility index (Phi) is 8.71. The molecule has 0 aromatic carbocycles. The van der Waals surface area contributed by atoms with Crippen molar-refractivity contribution in [1.82, 2.24) is 15.5 Å². The molecule has 0 aromatic heterocycles. The summed E-state index contributed by atoms with van der Waals surface area (Å²) in [6, 6.07) is 0.524. The number of hydrogen-bond donors (Lipinski definition) is 2. The van der Waals surface area contributed by atoms with Crippen molar-refractivity contribution in [3.63, 3.8) is 0 Å². The Morgan fingerprint density at radius 2 is 2.15 bits per heavy atom. The van der Waals surface area contributed by atoms with E-state index in [2.05, 4.69) is 50.3 Å². The number of halogens is 1. The van der Waals surface area contributed by atoms with Gasteiger partial charge in [-0.3, -0.25) is 4.79 Å². The minimum Gasteiger partial charge on any atom is -0.353 e. The maximum atomic E-state index is 12.2. The summed E-state index contributed by atoms with van der Waals surface area (Å²) in [5.74, 6) is 0.155. The third kappa shape index (κ3) is 5.58. The Balaban J connectivity index is 0.00000361. The smallest absolute Gasteiger partial charge is 0.237 e. The monoisotopic (exact) mass is 305 g/mol. The molecule has 0 aliphatic carbocycles. The van der Waals surface area contributed by atoms with Gasteiger partial charge < -0.3 is 15.5 Å². The van der Waals surface area contributed by atoms with Gasteiger partial charge in [0.05, 0.1) is 6.04 Å². The van der Waals surface area contributed by atoms with Gasteiger partial charge in [0.1, 0.15) is 0 Å². The lowest BCUT2D eigenvalue weighted by Gasteiger charge is -2.38. The molecule has 0 spiro atoms. The molecule has 1 rings (SSSR count). The molecular formula is C15H32ClN3O. The molecule has 1 aliphatic rings. The maximum absolute atomic E-state index is 12.2. The van der Waals surface area contributed by atoms with Gasteiger partial charge in [-0.2, -0.15) is 0 Å². The van der Waals surface area contributed by atoms with Crippen LogP contribution in [0.3, 0.4) is 0 Å². The van der Waals surface area contributed by atoms with Crippen LogP contribution in [0.2, 0.25) is 0 Å². The average Bonchev–Trinajstić information content (AvgIpc) is 2.36. The van der Waals surface area contributed by atoms with Crippen molar-refractivity contribution in [2.45, 2.75) is 59.0 Å². The molecule has 2 atom stereocenters. The maximum Gasteiger partial charge on any atom is 0.237 e. The minimum atomic E-state index is -0.0462. The summed E-state index contributed by atoms with van der Waals surface area (Å²) in [4.78, 5) is 14.5. The van der Waals surface area contributed by atoms with Crippen molar-refractivity contribution in [2.75, 3.05) is 26.7 Å². The lowest BCUT2D eigenvalue weighted by molar-refractivity contribution is -0.126. The van der Waals surface area contributed by atoms with Crippen LogP contribution in [-0.2, 0) is 4.79 Å². The van der Waals surface area contributed by atoms with Gasteiger partial charge in [-0.1, -0.05) is 20.8 Å². The van der Waals surface area contributed by atoms with Gasteiger partial charge in [0.15, 0.2) is 0 Å². The third-order valence-electron chi connectivity index (χ3n) is 4.50. The summed E-state index contributed by atoms with van der Waals surface area (Å²) in [6.45, 7) is 11.3. The molecule has 5 heteroatoms. The van der Waals surface area contributed by atoms with Crippen LogP contribution in [0.15, 0.2) is 0 Å². The summed E-state index contributed by atoms with van der Waals surface area (Å²) < 4.78 is 0. The second-order valence-electron chi connectivity index (χ2n) is 6.51. The van der Waals surface area contributed by atoms with Crippen LogP contribution in [0.5, 0.6) is 0 Å². The van der Waals surface area contributed by atoms with E-state index in [0.717, 1.165) is 38.9 Å². The molecule has 120 valence electrons. The zero-order chi connectivity index (χ0) is 14.5. The van der Waals surface area contributed by atoms with Gasteiger partial charge in [-0.15, -0.1) is 12.4 Å². The number of amides is 1. The second-order valence-corrected chi connectivity index (χ2v) is 6.51. The van der Waals surface area contributed by atoms with E-state index in [1.165, 1.54) is 0 Å². The predicted octanol–water partition coefficient (Wildman–Crippen LogP) is 2.03. The van der Waals surface area contributed by atoms with Crippen molar-refractivity contribution in [2.24, 2.45) is 5.41 Å². The van der Waals surface area contributed by atoms with E-state index in [4.69, 9.17) is 0 Å².